The predicted molar refractivity (Wildman–Crippen MR) is 62.3 cm³/mol. The minimum atomic E-state index is 0.339. The van der Waals surface area contributed by atoms with Gasteiger partial charge in [0.1, 0.15) is 5.15 Å². The van der Waals surface area contributed by atoms with Gasteiger partial charge in [0, 0.05) is 23.7 Å². The zero-order valence-corrected chi connectivity index (χ0v) is 9.91. The van der Waals surface area contributed by atoms with Crippen molar-refractivity contribution in [1.29, 1.82) is 0 Å². The number of aryl methyl sites for hydroxylation is 1. The van der Waals surface area contributed by atoms with E-state index in [0.29, 0.717) is 11.2 Å². The van der Waals surface area contributed by atoms with E-state index >= 15 is 0 Å². The quantitative estimate of drug-likeness (QED) is 0.732. The second-order valence-electron chi connectivity index (χ2n) is 3.86. The largest absolute Gasteiger partial charge is 0.262 e. The molecule has 3 nitrogen and oxygen atoms in total. The lowest BCUT2D eigenvalue weighted by molar-refractivity contribution is 0.544. The maximum atomic E-state index is 5.90. The molecule has 0 bridgehead atoms. The zero-order valence-electron chi connectivity index (χ0n) is 9.16. The van der Waals surface area contributed by atoms with Gasteiger partial charge in [-0.2, -0.15) is 5.10 Å². The van der Waals surface area contributed by atoms with Crippen molar-refractivity contribution in [2.75, 3.05) is 0 Å². The maximum absolute atomic E-state index is 5.90. The SMILES string of the molecule is CCc1nn(C(C)C)c2cc(Cl)ncc12. The highest BCUT2D eigenvalue weighted by Gasteiger charge is 2.11. The van der Waals surface area contributed by atoms with E-state index in [1.54, 1.807) is 0 Å². The van der Waals surface area contributed by atoms with E-state index in [1.807, 2.05) is 16.9 Å². The summed E-state index contributed by atoms with van der Waals surface area (Å²) in [6, 6.07) is 2.22. The molecule has 0 amide bonds. The van der Waals surface area contributed by atoms with Gasteiger partial charge in [-0.3, -0.25) is 4.68 Å². The van der Waals surface area contributed by atoms with E-state index in [1.165, 1.54) is 0 Å². The number of halogens is 1. The molecule has 0 aliphatic carbocycles. The Kier molecular flexibility index (Phi) is 2.65. The molecule has 2 rings (SSSR count). The fraction of sp³-hybridized carbons (Fsp3) is 0.455. The average Bonchev–Trinajstić information content (AvgIpc) is 2.55. The van der Waals surface area contributed by atoms with Gasteiger partial charge in [-0.25, -0.2) is 4.98 Å². The predicted octanol–water partition coefficient (Wildman–Crippen LogP) is 3.23. The maximum Gasteiger partial charge on any atom is 0.131 e. The minimum Gasteiger partial charge on any atom is -0.262 e. The second-order valence-corrected chi connectivity index (χ2v) is 4.25. The van der Waals surface area contributed by atoms with Crippen LogP contribution in [-0.4, -0.2) is 14.8 Å². The summed E-state index contributed by atoms with van der Waals surface area (Å²) < 4.78 is 2.00. The molecule has 0 unspecified atom stereocenters. The van der Waals surface area contributed by atoms with Gasteiger partial charge in [0.25, 0.3) is 0 Å². The van der Waals surface area contributed by atoms with E-state index in [2.05, 4.69) is 30.9 Å². The molecule has 2 aromatic rings. The fourth-order valence-electron chi connectivity index (χ4n) is 1.72. The first kappa shape index (κ1) is 10.4. The zero-order chi connectivity index (χ0) is 11.0. The summed E-state index contributed by atoms with van der Waals surface area (Å²) in [5.74, 6) is 0. The van der Waals surface area contributed by atoms with Gasteiger partial charge in [0.05, 0.1) is 11.2 Å². The standard InChI is InChI=1S/C11H14ClN3/c1-4-9-8-6-13-11(12)5-10(8)15(14-9)7(2)3/h5-7H,4H2,1-3H3. The van der Waals surface area contributed by atoms with Crippen molar-refractivity contribution in [2.24, 2.45) is 0 Å². The third-order valence-corrected chi connectivity index (χ3v) is 2.67. The molecule has 0 aliphatic rings. The van der Waals surface area contributed by atoms with Crippen LogP contribution in [0.25, 0.3) is 10.9 Å². The molecular weight excluding hydrogens is 210 g/mol. The van der Waals surface area contributed by atoms with Crippen LogP contribution < -0.4 is 0 Å². The number of rotatable bonds is 2. The molecule has 0 atom stereocenters. The molecular formula is C11H14ClN3. The van der Waals surface area contributed by atoms with Crippen LogP contribution in [0.4, 0.5) is 0 Å². The highest BCUT2D eigenvalue weighted by molar-refractivity contribution is 6.30. The van der Waals surface area contributed by atoms with Crippen molar-refractivity contribution in [3.63, 3.8) is 0 Å². The number of fused-ring (bicyclic) bond motifs is 1. The molecule has 80 valence electrons. The number of hydrogen-bond acceptors (Lipinski definition) is 2. The minimum absolute atomic E-state index is 0.339. The van der Waals surface area contributed by atoms with Crippen LogP contribution >= 0.6 is 11.6 Å². The Labute approximate surface area is 94.1 Å². The third kappa shape index (κ3) is 1.72. The van der Waals surface area contributed by atoms with Crippen molar-refractivity contribution in [3.05, 3.63) is 23.1 Å². The summed E-state index contributed by atoms with van der Waals surface area (Å²) >= 11 is 5.90. The average molecular weight is 224 g/mol. The van der Waals surface area contributed by atoms with E-state index in [4.69, 9.17) is 11.6 Å². The molecule has 0 saturated heterocycles. The normalized spacial score (nSPS) is 11.5. The first-order valence-electron chi connectivity index (χ1n) is 5.16. The molecule has 0 fully saturated rings. The first-order valence-corrected chi connectivity index (χ1v) is 5.54. The summed E-state index contributed by atoms with van der Waals surface area (Å²) in [5, 5.41) is 6.19. The molecule has 0 aliphatic heterocycles. The van der Waals surface area contributed by atoms with E-state index < -0.39 is 0 Å². The highest BCUT2D eigenvalue weighted by Crippen LogP contribution is 2.23. The molecule has 0 aromatic carbocycles. The van der Waals surface area contributed by atoms with Gasteiger partial charge in [-0.15, -0.1) is 0 Å². The fourth-order valence-corrected chi connectivity index (χ4v) is 1.88. The van der Waals surface area contributed by atoms with Crippen LogP contribution in [0.1, 0.15) is 32.5 Å². The lowest BCUT2D eigenvalue weighted by Gasteiger charge is -2.06. The Morgan fingerprint density at radius 3 is 2.80 bits per heavy atom. The molecule has 0 radical (unpaired) electrons. The van der Waals surface area contributed by atoms with E-state index in [0.717, 1.165) is 23.0 Å². The van der Waals surface area contributed by atoms with E-state index in [-0.39, 0.29) is 0 Å². The van der Waals surface area contributed by atoms with Crippen molar-refractivity contribution < 1.29 is 0 Å². The van der Waals surface area contributed by atoms with E-state index in [9.17, 15) is 0 Å². The number of hydrogen-bond donors (Lipinski definition) is 0. The van der Waals surface area contributed by atoms with Crippen LogP contribution in [0.2, 0.25) is 5.15 Å². The van der Waals surface area contributed by atoms with Crippen molar-refractivity contribution in [3.8, 4) is 0 Å². The monoisotopic (exact) mass is 223 g/mol. The van der Waals surface area contributed by atoms with Crippen molar-refractivity contribution >= 4 is 22.5 Å². The Bertz CT molecular complexity index is 488. The Morgan fingerprint density at radius 2 is 2.20 bits per heavy atom. The van der Waals surface area contributed by atoms with Gasteiger partial charge in [0.15, 0.2) is 0 Å². The summed E-state index contributed by atoms with van der Waals surface area (Å²) in [6.07, 6.45) is 2.72. The molecule has 2 heterocycles. The molecule has 0 saturated carbocycles. The van der Waals surface area contributed by atoms with Gasteiger partial charge in [-0.05, 0) is 20.3 Å². The summed E-state index contributed by atoms with van der Waals surface area (Å²) in [5.41, 5.74) is 2.16. The van der Waals surface area contributed by atoms with Crippen LogP contribution in [0, 0.1) is 0 Å². The Morgan fingerprint density at radius 1 is 1.47 bits per heavy atom. The van der Waals surface area contributed by atoms with Crippen LogP contribution in [-0.2, 0) is 6.42 Å². The Balaban J connectivity index is 2.76. The van der Waals surface area contributed by atoms with Gasteiger partial charge >= 0.3 is 0 Å². The lowest BCUT2D eigenvalue weighted by atomic mass is 10.2. The molecule has 4 heteroatoms. The molecule has 2 aromatic heterocycles. The smallest absolute Gasteiger partial charge is 0.131 e. The van der Waals surface area contributed by atoms with Crippen LogP contribution in [0.3, 0.4) is 0 Å². The number of aromatic nitrogens is 3. The molecule has 0 spiro atoms. The number of pyridine rings is 1. The van der Waals surface area contributed by atoms with Gasteiger partial charge < -0.3 is 0 Å². The van der Waals surface area contributed by atoms with Crippen LogP contribution in [0.15, 0.2) is 12.3 Å². The summed E-state index contributed by atoms with van der Waals surface area (Å²) in [6.45, 7) is 6.32. The topological polar surface area (TPSA) is 30.7 Å². The highest BCUT2D eigenvalue weighted by atomic mass is 35.5. The van der Waals surface area contributed by atoms with Crippen LogP contribution in [0.5, 0.6) is 0 Å². The summed E-state index contributed by atoms with van der Waals surface area (Å²) in [4.78, 5) is 4.10. The van der Waals surface area contributed by atoms with Crippen molar-refractivity contribution in [1.82, 2.24) is 14.8 Å². The lowest BCUT2D eigenvalue weighted by Crippen LogP contribution is -2.02. The first-order chi connectivity index (χ1) is 7.13. The van der Waals surface area contributed by atoms with Crippen molar-refractivity contribution in [2.45, 2.75) is 33.2 Å². The molecule has 15 heavy (non-hydrogen) atoms. The summed E-state index contributed by atoms with van der Waals surface area (Å²) in [7, 11) is 0. The van der Waals surface area contributed by atoms with Gasteiger partial charge in [-0.1, -0.05) is 18.5 Å². The third-order valence-electron chi connectivity index (χ3n) is 2.46. The second kappa shape index (κ2) is 3.81. The number of nitrogens with zero attached hydrogens (tertiary/aromatic N) is 3. The Hall–Kier alpha value is -1.09. The van der Waals surface area contributed by atoms with Gasteiger partial charge in [0.2, 0.25) is 0 Å². The molecule has 0 N–H and O–H groups in total.